The lowest BCUT2D eigenvalue weighted by Crippen LogP contribution is -2.24. The maximum Gasteiger partial charge on any atom is 0.298 e. The first-order valence-electron chi connectivity index (χ1n) is 8.17. The third-order valence-corrected chi connectivity index (χ3v) is 4.39. The summed E-state index contributed by atoms with van der Waals surface area (Å²) in [6.07, 6.45) is 1.72. The van der Waals surface area contributed by atoms with Crippen LogP contribution in [0.15, 0.2) is 59.5 Å². The quantitative estimate of drug-likeness (QED) is 0.565. The summed E-state index contributed by atoms with van der Waals surface area (Å²) in [7, 11) is 0. The summed E-state index contributed by atoms with van der Waals surface area (Å²) < 4.78 is 3.17. The van der Waals surface area contributed by atoms with Crippen LogP contribution in [0.25, 0.3) is 22.3 Å². The average Bonchev–Trinajstić information content (AvgIpc) is 3.04. The number of benzene rings is 2. The van der Waals surface area contributed by atoms with Crippen molar-refractivity contribution in [1.29, 1.82) is 0 Å². The molecule has 0 saturated heterocycles. The van der Waals surface area contributed by atoms with Gasteiger partial charge in [-0.05, 0) is 44.5 Å². The van der Waals surface area contributed by atoms with Gasteiger partial charge in [-0.15, -0.1) is 0 Å². The minimum Gasteiger partial charge on any atom is -0.265 e. The molecule has 0 N–H and O–H groups in total. The standard InChI is InChI=1S/C20H18N4O/c1-13-9-10-18(14(2)11-13)24-19-17(12-21-24)15(3)22-23(20(19)25)16-7-5-4-6-8-16/h4-12H,1-3H3. The van der Waals surface area contributed by atoms with Crippen LogP contribution in [0.2, 0.25) is 0 Å². The lowest BCUT2D eigenvalue weighted by Gasteiger charge is -2.10. The Morgan fingerprint density at radius 3 is 2.40 bits per heavy atom. The van der Waals surface area contributed by atoms with Gasteiger partial charge in [0.1, 0.15) is 5.52 Å². The van der Waals surface area contributed by atoms with Gasteiger partial charge >= 0.3 is 0 Å². The molecular weight excluding hydrogens is 312 g/mol. The van der Waals surface area contributed by atoms with E-state index in [1.54, 1.807) is 10.9 Å². The number of aryl methyl sites for hydroxylation is 3. The van der Waals surface area contributed by atoms with E-state index in [9.17, 15) is 4.79 Å². The Morgan fingerprint density at radius 1 is 0.920 bits per heavy atom. The third-order valence-electron chi connectivity index (χ3n) is 4.39. The molecule has 0 aliphatic rings. The Labute approximate surface area is 145 Å². The molecule has 0 amide bonds. The van der Waals surface area contributed by atoms with Crippen LogP contribution in [0.4, 0.5) is 0 Å². The zero-order valence-electron chi connectivity index (χ0n) is 14.4. The van der Waals surface area contributed by atoms with Crippen molar-refractivity contribution in [3.63, 3.8) is 0 Å². The SMILES string of the molecule is Cc1ccc(-n2ncc3c(C)nn(-c4ccccc4)c(=O)c32)c(C)c1. The van der Waals surface area contributed by atoms with Gasteiger partial charge in [0, 0.05) is 5.39 Å². The number of para-hydroxylation sites is 1. The maximum absolute atomic E-state index is 13.2. The highest BCUT2D eigenvalue weighted by Crippen LogP contribution is 2.21. The Hall–Kier alpha value is -3.21. The summed E-state index contributed by atoms with van der Waals surface area (Å²) >= 11 is 0. The highest BCUT2D eigenvalue weighted by molar-refractivity contribution is 5.81. The van der Waals surface area contributed by atoms with E-state index >= 15 is 0 Å². The Morgan fingerprint density at radius 2 is 1.68 bits per heavy atom. The molecule has 25 heavy (non-hydrogen) atoms. The topological polar surface area (TPSA) is 52.7 Å². The maximum atomic E-state index is 13.2. The van der Waals surface area contributed by atoms with Crippen molar-refractivity contribution in [3.8, 4) is 11.4 Å². The molecule has 2 aromatic heterocycles. The first kappa shape index (κ1) is 15.3. The second-order valence-electron chi connectivity index (χ2n) is 6.25. The Bertz CT molecular complexity index is 1140. The minimum atomic E-state index is -0.177. The molecule has 4 aromatic rings. The lowest BCUT2D eigenvalue weighted by atomic mass is 10.1. The Kier molecular flexibility index (Phi) is 3.50. The van der Waals surface area contributed by atoms with Gasteiger partial charge in [0.05, 0.1) is 23.3 Å². The van der Waals surface area contributed by atoms with Crippen LogP contribution in [0.5, 0.6) is 0 Å². The lowest BCUT2D eigenvalue weighted by molar-refractivity contribution is 0.790. The molecule has 0 fully saturated rings. The van der Waals surface area contributed by atoms with E-state index in [0.29, 0.717) is 5.52 Å². The minimum absolute atomic E-state index is 0.177. The summed E-state index contributed by atoms with van der Waals surface area (Å²) in [5.74, 6) is 0. The molecule has 0 spiro atoms. The summed E-state index contributed by atoms with van der Waals surface area (Å²) in [4.78, 5) is 13.2. The zero-order chi connectivity index (χ0) is 17.6. The van der Waals surface area contributed by atoms with Gasteiger partial charge in [-0.1, -0.05) is 35.9 Å². The van der Waals surface area contributed by atoms with E-state index in [1.165, 1.54) is 10.2 Å². The first-order valence-corrected chi connectivity index (χ1v) is 8.17. The highest BCUT2D eigenvalue weighted by Gasteiger charge is 2.16. The van der Waals surface area contributed by atoms with Gasteiger partial charge in [-0.25, -0.2) is 4.68 Å². The summed E-state index contributed by atoms with van der Waals surface area (Å²) in [5.41, 5.74) is 5.04. The molecule has 0 aliphatic carbocycles. The number of nitrogens with zero attached hydrogens (tertiary/aromatic N) is 4. The molecule has 0 saturated carbocycles. The van der Waals surface area contributed by atoms with Gasteiger partial charge in [-0.2, -0.15) is 14.9 Å². The smallest absolute Gasteiger partial charge is 0.265 e. The first-order chi connectivity index (χ1) is 12.1. The molecule has 2 heterocycles. The predicted octanol–water partition coefficient (Wildman–Crippen LogP) is 3.50. The van der Waals surface area contributed by atoms with Gasteiger partial charge in [0.15, 0.2) is 0 Å². The number of aromatic nitrogens is 4. The van der Waals surface area contributed by atoms with Crippen molar-refractivity contribution in [2.75, 3.05) is 0 Å². The van der Waals surface area contributed by atoms with Crippen LogP contribution in [0.3, 0.4) is 0 Å². The summed E-state index contributed by atoms with van der Waals surface area (Å²) in [6.45, 7) is 5.98. The molecule has 0 atom stereocenters. The molecule has 0 bridgehead atoms. The monoisotopic (exact) mass is 330 g/mol. The molecule has 5 heteroatoms. The van der Waals surface area contributed by atoms with Gasteiger partial charge in [0.2, 0.25) is 0 Å². The van der Waals surface area contributed by atoms with E-state index in [1.807, 2.05) is 56.3 Å². The zero-order valence-corrected chi connectivity index (χ0v) is 14.4. The second kappa shape index (κ2) is 5.70. The third kappa shape index (κ3) is 2.45. The van der Waals surface area contributed by atoms with E-state index in [2.05, 4.69) is 23.2 Å². The van der Waals surface area contributed by atoms with Crippen molar-refractivity contribution in [3.05, 3.63) is 81.9 Å². The average molecular weight is 330 g/mol. The largest absolute Gasteiger partial charge is 0.298 e. The summed E-state index contributed by atoms with van der Waals surface area (Å²) in [6, 6.07) is 15.6. The molecule has 0 radical (unpaired) electrons. The number of hydrogen-bond donors (Lipinski definition) is 0. The molecule has 0 unspecified atom stereocenters. The van der Waals surface area contributed by atoms with Crippen molar-refractivity contribution >= 4 is 10.9 Å². The molecule has 2 aromatic carbocycles. The molecule has 0 aliphatic heterocycles. The Balaban J connectivity index is 2.06. The number of rotatable bonds is 2. The normalized spacial score (nSPS) is 11.2. The van der Waals surface area contributed by atoms with Crippen molar-refractivity contribution in [1.82, 2.24) is 19.6 Å². The second-order valence-corrected chi connectivity index (χ2v) is 6.25. The highest BCUT2D eigenvalue weighted by atomic mass is 16.1. The van der Waals surface area contributed by atoms with Crippen molar-refractivity contribution in [2.24, 2.45) is 0 Å². The van der Waals surface area contributed by atoms with Crippen LogP contribution in [-0.4, -0.2) is 19.6 Å². The molecular formula is C20H18N4O. The molecule has 5 nitrogen and oxygen atoms in total. The van der Waals surface area contributed by atoms with Crippen molar-refractivity contribution < 1.29 is 0 Å². The predicted molar refractivity (Wildman–Crippen MR) is 98.7 cm³/mol. The van der Waals surface area contributed by atoms with E-state index < -0.39 is 0 Å². The fourth-order valence-corrected chi connectivity index (χ4v) is 3.14. The van der Waals surface area contributed by atoms with Crippen LogP contribution in [0, 0.1) is 20.8 Å². The van der Waals surface area contributed by atoms with E-state index in [4.69, 9.17) is 0 Å². The van der Waals surface area contributed by atoms with Gasteiger partial charge < -0.3 is 0 Å². The number of hydrogen-bond acceptors (Lipinski definition) is 3. The van der Waals surface area contributed by atoms with Crippen LogP contribution < -0.4 is 5.56 Å². The fraction of sp³-hybridized carbons (Fsp3) is 0.150. The molecule has 4 rings (SSSR count). The van der Waals surface area contributed by atoms with Crippen LogP contribution in [-0.2, 0) is 0 Å². The summed E-state index contributed by atoms with van der Waals surface area (Å²) in [5, 5.41) is 9.72. The van der Waals surface area contributed by atoms with Crippen LogP contribution in [0.1, 0.15) is 16.8 Å². The van der Waals surface area contributed by atoms with Crippen molar-refractivity contribution in [2.45, 2.75) is 20.8 Å². The van der Waals surface area contributed by atoms with Gasteiger partial charge in [-0.3, -0.25) is 4.79 Å². The fourth-order valence-electron chi connectivity index (χ4n) is 3.14. The van der Waals surface area contributed by atoms with E-state index in [0.717, 1.165) is 28.0 Å². The number of fused-ring (bicyclic) bond motifs is 1. The van der Waals surface area contributed by atoms with Gasteiger partial charge in [0.25, 0.3) is 5.56 Å². The van der Waals surface area contributed by atoms with Crippen LogP contribution >= 0.6 is 0 Å². The molecule has 124 valence electrons. The van der Waals surface area contributed by atoms with E-state index in [-0.39, 0.29) is 5.56 Å².